The van der Waals surface area contributed by atoms with Crippen molar-refractivity contribution in [2.24, 2.45) is 34.5 Å². The van der Waals surface area contributed by atoms with Gasteiger partial charge in [0.1, 0.15) is 11.6 Å². The fourth-order valence-corrected chi connectivity index (χ4v) is 10.5. The first-order chi connectivity index (χ1) is 18.8. The van der Waals surface area contributed by atoms with Gasteiger partial charge in [-0.05, 0) is 99.6 Å². The Hall–Kier alpha value is -1.99. The van der Waals surface area contributed by atoms with Gasteiger partial charge in [0.2, 0.25) is 0 Å². The summed E-state index contributed by atoms with van der Waals surface area (Å²) in [5.74, 6) is 2.73. The van der Waals surface area contributed by atoms with Crippen LogP contribution in [-0.2, 0) is 9.53 Å². The highest BCUT2D eigenvalue weighted by atomic mass is 16.5. The van der Waals surface area contributed by atoms with E-state index >= 15 is 0 Å². The lowest BCUT2D eigenvalue weighted by Gasteiger charge is -2.61. The van der Waals surface area contributed by atoms with Crippen LogP contribution in [0.1, 0.15) is 78.2 Å². The zero-order valence-corrected chi connectivity index (χ0v) is 24.4. The fourth-order valence-electron chi connectivity index (χ4n) is 10.5. The van der Waals surface area contributed by atoms with Crippen molar-refractivity contribution in [3.8, 4) is 0 Å². The number of hydrogen-bond acceptors (Lipinski definition) is 6. The van der Waals surface area contributed by atoms with E-state index in [1.54, 1.807) is 6.92 Å². The standard InChI is InChI=1S/C32H47N5O2/c1-21(38)39-30-29(37-28-8-6-5-7-27(28)33-34-37)20-26-24-10-9-22-19-23(36-17-15-35(4)16-18-36)11-13-31(22,2)25(24)12-14-32(26,30)3/h5-8,22-26,29-30H,9-20H2,1-4H3/t22-,23-,24+,25-,26-,29-,30-,31-,32-/m0/s1. The quantitative estimate of drug-likeness (QED) is 0.507. The van der Waals surface area contributed by atoms with E-state index in [9.17, 15) is 4.79 Å². The van der Waals surface area contributed by atoms with Crippen molar-refractivity contribution in [3.63, 3.8) is 0 Å². The van der Waals surface area contributed by atoms with Crippen molar-refractivity contribution in [2.45, 2.75) is 90.3 Å². The van der Waals surface area contributed by atoms with E-state index in [1.807, 2.05) is 12.1 Å². The first-order valence-electron chi connectivity index (χ1n) is 15.7. The molecule has 0 N–H and O–H groups in total. The Morgan fingerprint density at radius 2 is 1.72 bits per heavy atom. The van der Waals surface area contributed by atoms with Gasteiger partial charge < -0.3 is 9.64 Å². The Bertz CT molecular complexity index is 1220. The molecule has 7 nitrogen and oxygen atoms in total. The van der Waals surface area contributed by atoms with E-state index in [0.717, 1.165) is 41.8 Å². The van der Waals surface area contributed by atoms with Crippen LogP contribution in [0.5, 0.6) is 0 Å². The molecule has 39 heavy (non-hydrogen) atoms. The SMILES string of the molecule is CC(=O)O[C@H]1[C@@H](n2nnc3ccccc32)C[C@H]2[C@@H]3CC[C@H]4C[C@@H](N5CCN(C)CC5)CC[C@]4(C)[C@H]3CC[C@@]21C. The molecule has 4 aliphatic carbocycles. The zero-order chi connectivity index (χ0) is 26.9. The number of fused-ring (bicyclic) bond motifs is 6. The number of nitrogens with zero attached hydrogens (tertiary/aromatic N) is 5. The third-order valence-corrected chi connectivity index (χ3v) is 12.6. The van der Waals surface area contributed by atoms with Crippen LogP contribution in [0.4, 0.5) is 0 Å². The molecule has 9 atom stereocenters. The van der Waals surface area contributed by atoms with E-state index in [1.165, 1.54) is 64.7 Å². The number of piperazine rings is 1. The number of para-hydroxylation sites is 1. The number of esters is 1. The molecule has 5 fully saturated rings. The fraction of sp³-hybridized carbons (Fsp3) is 0.781. The van der Waals surface area contributed by atoms with E-state index in [4.69, 9.17) is 4.74 Å². The van der Waals surface area contributed by atoms with Gasteiger partial charge in [-0.25, -0.2) is 4.68 Å². The number of ether oxygens (including phenoxy) is 1. The number of carbonyl (C=O) groups excluding carboxylic acids is 1. The number of aromatic nitrogens is 3. The maximum absolute atomic E-state index is 12.4. The second-order valence-corrected chi connectivity index (χ2v) is 14.3. The monoisotopic (exact) mass is 533 g/mol. The smallest absolute Gasteiger partial charge is 0.302 e. The highest BCUT2D eigenvalue weighted by molar-refractivity contribution is 5.74. The molecule has 0 amide bonds. The summed E-state index contributed by atoms with van der Waals surface area (Å²) < 4.78 is 8.33. The number of rotatable bonds is 3. The number of likely N-dealkylation sites (N-methyl/N-ethyl adjacent to an activating group) is 1. The highest BCUT2D eigenvalue weighted by Crippen LogP contribution is 2.68. The van der Waals surface area contributed by atoms with Crippen LogP contribution in [0.25, 0.3) is 11.0 Å². The molecule has 1 aromatic carbocycles. The molecular weight excluding hydrogens is 486 g/mol. The molecule has 7 heteroatoms. The van der Waals surface area contributed by atoms with Gasteiger partial charge in [0.25, 0.3) is 0 Å². The summed E-state index contributed by atoms with van der Waals surface area (Å²) in [6.45, 7) is 11.6. The van der Waals surface area contributed by atoms with Gasteiger partial charge >= 0.3 is 5.97 Å². The van der Waals surface area contributed by atoms with E-state index in [-0.39, 0.29) is 23.5 Å². The Morgan fingerprint density at radius 1 is 0.949 bits per heavy atom. The largest absolute Gasteiger partial charge is 0.460 e. The number of hydrogen-bond donors (Lipinski definition) is 0. The molecule has 0 spiro atoms. The van der Waals surface area contributed by atoms with E-state index in [0.29, 0.717) is 17.3 Å². The lowest BCUT2D eigenvalue weighted by molar-refractivity contribution is -0.164. The lowest BCUT2D eigenvalue weighted by Crippen LogP contribution is -2.57. The molecule has 212 valence electrons. The summed E-state index contributed by atoms with van der Waals surface area (Å²) in [5.41, 5.74) is 2.41. The lowest BCUT2D eigenvalue weighted by atomic mass is 9.45. The summed E-state index contributed by atoms with van der Waals surface area (Å²) in [5, 5.41) is 9.11. The number of benzene rings is 1. The van der Waals surface area contributed by atoms with Crippen LogP contribution >= 0.6 is 0 Å². The van der Waals surface area contributed by atoms with Crippen LogP contribution in [0, 0.1) is 34.5 Å². The van der Waals surface area contributed by atoms with Crippen LogP contribution in [0.2, 0.25) is 0 Å². The molecule has 2 aromatic rings. The first kappa shape index (κ1) is 25.9. The predicted molar refractivity (Wildman–Crippen MR) is 152 cm³/mol. The van der Waals surface area contributed by atoms with Gasteiger partial charge in [-0.2, -0.15) is 0 Å². The van der Waals surface area contributed by atoms with Gasteiger partial charge in [0.05, 0.1) is 11.6 Å². The summed E-state index contributed by atoms with van der Waals surface area (Å²) in [6, 6.07) is 9.05. The summed E-state index contributed by atoms with van der Waals surface area (Å²) in [6.07, 6.45) is 10.1. The number of carbonyl (C=O) groups is 1. The summed E-state index contributed by atoms with van der Waals surface area (Å²) in [4.78, 5) is 17.7. The van der Waals surface area contributed by atoms with Gasteiger partial charge in [-0.1, -0.05) is 31.2 Å². The molecule has 0 unspecified atom stereocenters. The molecule has 1 aromatic heterocycles. The summed E-state index contributed by atoms with van der Waals surface area (Å²) in [7, 11) is 2.26. The molecule has 2 heterocycles. The normalized spacial score (nSPS) is 43.0. The second kappa shape index (κ2) is 9.54. The minimum atomic E-state index is -0.170. The minimum absolute atomic E-state index is 0.00914. The third kappa shape index (κ3) is 4.08. The first-order valence-corrected chi connectivity index (χ1v) is 15.7. The van der Waals surface area contributed by atoms with Gasteiger partial charge in [-0.3, -0.25) is 9.69 Å². The molecular formula is C32H47N5O2. The van der Waals surface area contributed by atoms with Crippen molar-refractivity contribution in [3.05, 3.63) is 24.3 Å². The van der Waals surface area contributed by atoms with Crippen LogP contribution in [-0.4, -0.2) is 76.1 Å². The Labute approximate surface area is 233 Å². The summed E-state index contributed by atoms with van der Waals surface area (Å²) >= 11 is 0. The van der Waals surface area contributed by atoms with Gasteiger partial charge in [-0.15, -0.1) is 5.10 Å². The predicted octanol–water partition coefficient (Wildman–Crippen LogP) is 5.17. The second-order valence-electron chi connectivity index (χ2n) is 14.3. The highest BCUT2D eigenvalue weighted by Gasteiger charge is 2.64. The van der Waals surface area contributed by atoms with Crippen LogP contribution in [0.15, 0.2) is 24.3 Å². The zero-order valence-electron chi connectivity index (χ0n) is 24.4. The average Bonchev–Trinajstić information content (AvgIpc) is 3.47. The average molecular weight is 534 g/mol. The third-order valence-electron chi connectivity index (χ3n) is 12.6. The van der Waals surface area contributed by atoms with Crippen molar-refractivity contribution in [2.75, 3.05) is 33.2 Å². The van der Waals surface area contributed by atoms with E-state index < -0.39 is 0 Å². The molecule has 5 aliphatic rings. The molecule has 0 bridgehead atoms. The van der Waals surface area contributed by atoms with Crippen molar-refractivity contribution in [1.82, 2.24) is 24.8 Å². The Morgan fingerprint density at radius 3 is 2.51 bits per heavy atom. The molecule has 4 saturated carbocycles. The molecule has 7 rings (SSSR count). The maximum atomic E-state index is 12.4. The Balaban J connectivity index is 1.15. The Kier molecular flexibility index (Phi) is 6.35. The van der Waals surface area contributed by atoms with Crippen molar-refractivity contribution in [1.29, 1.82) is 0 Å². The maximum Gasteiger partial charge on any atom is 0.302 e. The van der Waals surface area contributed by atoms with Crippen molar-refractivity contribution >= 4 is 17.0 Å². The molecule has 1 aliphatic heterocycles. The minimum Gasteiger partial charge on any atom is -0.460 e. The van der Waals surface area contributed by atoms with Crippen LogP contribution < -0.4 is 0 Å². The van der Waals surface area contributed by atoms with E-state index in [2.05, 4.69) is 57.8 Å². The molecule has 1 saturated heterocycles. The van der Waals surface area contributed by atoms with Gasteiger partial charge in [0.15, 0.2) is 0 Å². The van der Waals surface area contributed by atoms with Crippen molar-refractivity contribution < 1.29 is 9.53 Å². The van der Waals surface area contributed by atoms with Crippen LogP contribution in [0.3, 0.4) is 0 Å². The van der Waals surface area contributed by atoms with Gasteiger partial charge in [0, 0.05) is 44.6 Å². The molecule has 0 radical (unpaired) electrons. The topological polar surface area (TPSA) is 63.5 Å².